The van der Waals surface area contributed by atoms with Crippen LogP contribution in [-0.4, -0.2) is 20.3 Å². The highest BCUT2D eigenvalue weighted by Crippen LogP contribution is 2.31. The summed E-state index contributed by atoms with van der Waals surface area (Å²) in [5.74, 6) is 0.292. The van der Waals surface area contributed by atoms with Crippen LogP contribution >= 0.6 is 35.4 Å². The Morgan fingerprint density at radius 2 is 1.74 bits per heavy atom. The van der Waals surface area contributed by atoms with Gasteiger partial charge in [0.2, 0.25) is 10.7 Å². The number of aryl methyl sites for hydroxylation is 1. The van der Waals surface area contributed by atoms with Crippen molar-refractivity contribution in [3.05, 3.63) is 105 Å². The summed E-state index contributed by atoms with van der Waals surface area (Å²) in [7, 11) is 0. The summed E-state index contributed by atoms with van der Waals surface area (Å²) in [5, 5.41) is 10.7. The molecule has 0 aliphatic rings. The number of halogens is 2. The molecule has 0 spiro atoms. The Bertz CT molecular complexity index is 1640. The number of nitrogens with one attached hydrogen (secondary N) is 1. The molecule has 0 fully saturated rings. The van der Waals surface area contributed by atoms with E-state index in [9.17, 15) is 4.79 Å². The highest BCUT2D eigenvalue weighted by atomic mass is 35.5. The topological polar surface area (TPSA) is 51.9 Å². The van der Waals surface area contributed by atoms with E-state index in [0.29, 0.717) is 26.2 Å². The number of hydrogen-bond donors (Lipinski definition) is 1. The number of fused-ring (bicyclic) bond motifs is 1. The van der Waals surface area contributed by atoms with Crippen molar-refractivity contribution < 1.29 is 4.79 Å². The molecule has 0 aliphatic carbocycles. The first kappa shape index (κ1) is 23.3. The van der Waals surface area contributed by atoms with Crippen molar-refractivity contribution in [2.24, 2.45) is 0 Å². The van der Waals surface area contributed by atoms with E-state index in [1.807, 2.05) is 78.2 Å². The molecule has 0 radical (unpaired) electrons. The van der Waals surface area contributed by atoms with Crippen molar-refractivity contribution >= 4 is 57.8 Å². The van der Waals surface area contributed by atoms with E-state index in [1.165, 1.54) is 4.68 Å². The molecule has 5 aromatic rings. The van der Waals surface area contributed by atoms with Crippen LogP contribution < -0.4 is 5.32 Å². The van der Waals surface area contributed by atoms with Gasteiger partial charge < -0.3 is 5.32 Å². The summed E-state index contributed by atoms with van der Waals surface area (Å²) in [6.07, 6.45) is 0. The maximum Gasteiger partial charge on any atom is 0.246 e. The summed E-state index contributed by atoms with van der Waals surface area (Å²) >= 11 is 18.4. The average Bonchev–Trinajstić information content (AvgIpc) is 3.14. The molecule has 1 N–H and O–H groups in total. The quantitative estimate of drug-likeness (QED) is 0.245. The fourth-order valence-corrected chi connectivity index (χ4v) is 4.81. The van der Waals surface area contributed by atoms with Crippen LogP contribution in [0.15, 0.2) is 84.9 Å². The van der Waals surface area contributed by atoms with E-state index in [4.69, 9.17) is 40.5 Å². The van der Waals surface area contributed by atoms with E-state index in [1.54, 1.807) is 18.2 Å². The van der Waals surface area contributed by atoms with Crippen LogP contribution in [0.3, 0.4) is 0 Å². The predicted molar refractivity (Wildman–Crippen MR) is 145 cm³/mol. The number of nitrogens with zero attached hydrogens (tertiary/aromatic N) is 3. The van der Waals surface area contributed by atoms with Gasteiger partial charge in [-0.05, 0) is 66.5 Å². The Hall–Kier alpha value is -3.45. The number of hydrogen-bond acceptors (Lipinski definition) is 3. The fraction of sp³-hybridized carbons (Fsp3) is 0.0741. The normalized spacial score (nSPS) is 11.1. The zero-order valence-corrected chi connectivity index (χ0v) is 21.0. The lowest BCUT2D eigenvalue weighted by Crippen LogP contribution is -2.20. The molecular formula is C27H20Cl2N4OS. The molecule has 0 bridgehead atoms. The van der Waals surface area contributed by atoms with Crippen LogP contribution in [0.4, 0.5) is 5.69 Å². The first-order valence-electron chi connectivity index (χ1n) is 10.9. The number of aromatic nitrogens is 3. The predicted octanol–water partition coefficient (Wildman–Crippen LogP) is 7.48. The smallest absolute Gasteiger partial charge is 0.246 e. The lowest BCUT2D eigenvalue weighted by Gasteiger charge is -2.09. The molecule has 0 unspecified atom stereocenters. The average molecular weight is 519 g/mol. The lowest BCUT2D eigenvalue weighted by molar-refractivity contribution is -0.116. The van der Waals surface area contributed by atoms with E-state index < -0.39 is 0 Å². The highest BCUT2D eigenvalue weighted by molar-refractivity contribution is 7.71. The Labute approximate surface area is 217 Å². The van der Waals surface area contributed by atoms with Crippen LogP contribution in [0, 0.1) is 11.7 Å². The molecule has 5 nitrogen and oxygen atoms in total. The number of carbonyl (C=O) groups is 1. The first-order chi connectivity index (χ1) is 16.9. The molecule has 0 aliphatic heterocycles. The Kier molecular flexibility index (Phi) is 6.43. The molecular weight excluding hydrogens is 499 g/mol. The monoisotopic (exact) mass is 518 g/mol. The molecule has 0 saturated carbocycles. The first-order valence-corrected chi connectivity index (χ1v) is 12.1. The molecule has 174 valence electrons. The van der Waals surface area contributed by atoms with E-state index in [2.05, 4.69) is 5.32 Å². The molecule has 0 saturated heterocycles. The number of rotatable bonds is 5. The summed E-state index contributed by atoms with van der Waals surface area (Å²) < 4.78 is 3.71. The van der Waals surface area contributed by atoms with Crippen molar-refractivity contribution in [1.82, 2.24) is 14.3 Å². The Morgan fingerprint density at radius 3 is 2.54 bits per heavy atom. The largest absolute Gasteiger partial charge is 0.324 e. The Balaban J connectivity index is 1.55. The minimum Gasteiger partial charge on any atom is -0.324 e. The van der Waals surface area contributed by atoms with Gasteiger partial charge in [0.05, 0.1) is 10.7 Å². The third-order valence-electron chi connectivity index (χ3n) is 5.63. The number of benzene rings is 4. The number of anilines is 1. The van der Waals surface area contributed by atoms with Gasteiger partial charge in [0, 0.05) is 21.7 Å². The van der Waals surface area contributed by atoms with Gasteiger partial charge in [-0.1, -0.05) is 71.7 Å². The van der Waals surface area contributed by atoms with E-state index >= 15 is 0 Å². The van der Waals surface area contributed by atoms with Crippen LogP contribution in [0.5, 0.6) is 0 Å². The van der Waals surface area contributed by atoms with Gasteiger partial charge in [0.25, 0.3) is 0 Å². The van der Waals surface area contributed by atoms with Gasteiger partial charge in [-0.2, -0.15) is 5.10 Å². The van der Waals surface area contributed by atoms with Gasteiger partial charge in [0.1, 0.15) is 6.54 Å². The SMILES string of the molecule is Cc1cccc(-n2c(-c3ccc(Cl)cc3Cl)nn(CC(=O)Nc3cccc4ccccc34)c2=S)c1. The number of carbonyl (C=O) groups excluding carboxylic acids is 1. The molecule has 8 heteroatoms. The van der Waals surface area contributed by atoms with Crippen LogP contribution in [-0.2, 0) is 11.3 Å². The van der Waals surface area contributed by atoms with Crippen molar-refractivity contribution in [2.75, 3.05) is 5.32 Å². The molecule has 35 heavy (non-hydrogen) atoms. The van der Waals surface area contributed by atoms with Gasteiger partial charge in [-0.15, -0.1) is 0 Å². The van der Waals surface area contributed by atoms with E-state index in [0.717, 1.165) is 27.7 Å². The van der Waals surface area contributed by atoms with Crippen molar-refractivity contribution in [1.29, 1.82) is 0 Å². The fourth-order valence-electron chi connectivity index (χ4n) is 4.02. The summed E-state index contributed by atoms with van der Waals surface area (Å²) in [5.41, 5.74) is 3.30. The van der Waals surface area contributed by atoms with Gasteiger partial charge in [-0.3, -0.25) is 9.36 Å². The Morgan fingerprint density at radius 1 is 0.971 bits per heavy atom. The second kappa shape index (κ2) is 9.66. The summed E-state index contributed by atoms with van der Waals surface area (Å²) in [4.78, 5) is 13.1. The molecule has 5 rings (SSSR count). The molecule has 0 atom stereocenters. The van der Waals surface area contributed by atoms with Crippen LogP contribution in [0.2, 0.25) is 10.0 Å². The minimum atomic E-state index is -0.236. The highest BCUT2D eigenvalue weighted by Gasteiger charge is 2.19. The molecule has 1 amide bonds. The zero-order valence-electron chi connectivity index (χ0n) is 18.7. The van der Waals surface area contributed by atoms with Crippen molar-refractivity contribution in [3.63, 3.8) is 0 Å². The number of amides is 1. The summed E-state index contributed by atoms with van der Waals surface area (Å²) in [6, 6.07) is 26.8. The minimum absolute atomic E-state index is 0.0565. The van der Waals surface area contributed by atoms with E-state index in [-0.39, 0.29) is 12.5 Å². The van der Waals surface area contributed by atoms with Crippen LogP contribution in [0.25, 0.3) is 27.8 Å². The zero-order chi connectivity index (χ0) is 24.5. The molecule has 1 aromatic heterocycles. The van der Waals surface area contributed by atoms with Gasteiger partial charge >= 0.3 is 0 Å². The third kappa shape index (κ3) is 4.73. The van der Waals surface area contributed by atoms with Crippen molar-refractivity contribution in [2.45, 2.75) is 13.5 Å². The lowest BCUT2D eigenvalue weighted by atomic mass is 10.1. The summed E-state index contributed by atoms with van der Waals surface area (Å²) in [6.45, 7) is 1.95. The second-order valence-corrected chi connectivity index (χ2v) is 9.35. The second-order valence-electron chi connectivity index (χ2n) is 8.14. The van der Waals surface area contributed by atoms with Gasteiger partial charge in [-0.25, -0.2) is 4.68 Å². The van der Waals surface area contributed by atoms with Crippen LogP contribution in [0.1, 0.15) is 5.56 Å². The standard InChI is InChI=1S/C27H20Cl2N4OS/c1-17-6-4-9-20(14-17)33-26(22-13-12-19(28)15-23(22)29)31-32(27(33)35)16-25(34)30-24-11-5-8-18-7-2-3-10-21(18)24/h2-15H,16H2,1H3,(H,30,34). The maximum absolute atomic E-state index is 13.1. The van der Waals surface area contributed by atoms with Crippen molar-refractivity contribution in [3.8, 4) is 17.1 Å². The molecule has 4 aromatic carbocycles. The third-order valence-corrected chi connectivity index (χ3v) is 6.57. The maximum atomic E-state index is 13.1. The molecule has 1 heterocycles. The van der Waals surface area contributed by atoms with Gasteiger partial charge in [0.15, 0.2) is 5.82 Å².